The maximum Gasteiger partial charge on any atom is 0.242 e. The summed E-state index contributed by atoms with van der Waals surface area (Å²) in [5, 5.41) is 0. The maximum atomic E-state index is 12.3. The second-order valence-electron chi connectivity index (χ2n) is 4.35. The summed E-state index contributed by atoms with van der Waals surface area (Å²) in [5.74, 6) is 0.348. The summed E-state index contributed by atoms with van der Waals surface area (Å²) in [4.78, 5) is 0.188. The molecule has 0 fully saturated rings. The molecule has 1 aromatic rings. The molecule has 0 aliphatic rings. The summed E-state index contributed by atoms with van der Waals surface area (Å²) in [6.07, 6.45) is 1.90. The molecule has 0 aliphatic heterocycles. The number of anilines is 1. The van der Waals surface area contributed by atoms with Crippen LogP contribution in [0.3, 0.4) is 0 Å². The Morgan fingerprint density at radius 3 is 2.11 bits per heavy atom. The van der Waals surface area contributed by atoms with E-state index >= 15 is 0 Å². The third kappa shape index (κ3) is 4.44. The van der Waals surface area contributed by atoms with Gasteiger partial charge in [0.25, 0.3) is 0 Å². The van der Waals surface area contributed by atoms with E-state index in [0.29, 0.717) is 27.1 Å². The van der Waals surface area contributed by atoms with E-state index in [0.717, 1.165) is 12.8 Å². The summed E-state index contributed by atoms with van der Waals surface area (Å²) < 4.78 is 28.2. The number of nitrogens with one attached hydrogen (secondary N) is 1. The summed E-state index contributed by atoms with van der Waals surface area (Å²) in [7, 11) is -3.55. The second kappa shape index (κ2) is 7.06. The lowest BCUT2D eigenvalue weighted by molar-refractivity contribution is 0.478. The van der Waals surface area contributed by atoms with Crippen LogP contribution in [-0.2, 0) is 10.0 Å². The van der Waals surface area contributed by atoms with Crippen molar-refractivity contribution in [3.05, 3.63) is 21.1 Å². The van der Waals surface area contributed by atoms with Crippen LogP contribution in [-0.4, -0.2) is 15.0 Å². The van der Waals surface area contributed by atoms with Crippen molar-refractivity contribution in [2.24, 2.45) is 5.92 Å². The number of halogens is 2. The molecule has 0 atom stereocenters. The average molecular weight is 414 g/mol. The number of nitrogens with two attached hydrogens (primary N) is 1. The van der Waals surface area contributed by atoms with Crippen molar-refractivity contribution >= 4 is 47.6 Å². The number of hydrogen-bond donors (Lipinski definition) is 2. The van der Waals surface area contributed by atoms with Crippen LogP contribution in [0.1, 0.15) is 26.7 Å². The van der Waals surface area contributed by atoms with Crippen LogP contribution in [0.5, 0.6) is 0 Å². The molecule has 0 unspecified atom stereocenters. The van der Waals surface area contributed by atoms with Gasteiger partial charge in [0.05, 0.1) is 0 Å². The Morgan fingerprint density at radius 2 is 1.68 bits per heavy atom. The molecule has 0 saturated carbocycles. The zero-order chi connectivity index (χ0) is 14.6. The maximum absolute atomic E-state index is 12.3. The minimum atomic E-state index is -3.55. The highest BCUT2D eigenvalue weighted by Gasteiger charge is 2.22. The van der Waals surface area contributed by atoms with Crippen molar-refractivity contribution in [1.82, 2.24) is 4.72 Å². The molecular formula is C12H18Br2N2O2S. The molecule has 0 amide bonds. The molecule has 4 nitrogen and oxygen atoms in total. The highest BCUT2D eigenvalue weighted by Crippen LogP contribution is 2.32. The summed E-state index contributed by atoms with van der Waals surface area (Å²) in [6, 6.07) is 3.16. The molecule has 0 heterocycles. The topological polar surface area (TPSA) is 72.2 Å². The van der Waals surface area contributed by atoms with Crippen molar-refractivity contribution in [3.8, 4) is 0 Å². The fourth-order valence-corrected chi connectivity index (χ4v) is 5.44. The van der Waals surface area contributed by atoms with Crippen LogP contribution in [0.4, 0.5) is 5.69 Å². The predicted octanol–water partition coefficient (Wildman–Crippen LogP) is 3.51. The number of benzene rings is 1. The van der Waals surface area contributed by atoms with Crippen molar-refractivity contribution in [2.45, 2.75) is 31.6 Å². The Kier molecular flexibility index (Phi) is 6.29. The van der Waals surface area contributed by atoms with E-state index in [2.05, 4.69) is 50.4 Å². The number of hydrogen-bond acceptors (Lipinski definition) is 3. The molecule has 1 aromatic carbocycles. The average Bonchev–Trinajstić information content (AvgIpc) is 2.28. The van der Waals surface area contributed by atoms with E-state index in [4.69, 9.17) is 5.73 Å². The fourth-order valence-electron chi connectivity index (χ4n) is 1.71. The van der Waals surface area contributed by atoms with Gasteiger partial charge in [0, 0.05) is 21.2 Å². The van der Waals surface area contributed by atoms with E-state index in [-0.39, 0.29) is 4.90 Å². The summed E-state index contributed by atoms with van der Waals surface area (Å²) in [5.41, 5.74) is 6.16. The standard InChI is InChI=1S/C12H18Br2N2O2S/c1-3-8(4-2)7-16-19(17,18)12-10(13)5-9(15)6-11(12)14/h5-6,8,16H,3-4,7,15H2,1-2H3. The Bertz CT molecular complexity index is 520. The van der Waals surface area contributed by atoms with Gasteiger partial charge in [0.1, 0.15) is 4.90 Å². The van der Waals surface area contributed by atoms with E-state index in [1.807, 2.05) is 0 Å². The Morgan fingerprint density at radius 1 is 1.21 bits per heavy atom. The third-order valence-corrected chi connectivity index (χ3v) is 6.31. The van der Waals surface area contributed by atoms with Crippen LogP contribution in [0.2, 0.25) is 0 Å². The van der Waals surface area contributed by atoms with Crippen molar-refractivity contribution in [2.75, 3.05) is 12.3 Å². The first kappa shape index (κ1) is 16.9. The van der Waals surface area contributed by atoms with Crippen LogP contribution >= 0.6 is 31.9 Å². The number of rotatable bonds is 6. The molecule has 0 spiro atoms. The Balaban J connectivity index is 3.01. The Labute approximate surface area is 131 Å². The first-order valence-corrected chi connectivity index (χ1v) is 9.12. The molecular weight excluding hydrogens is 396 g/mol. The number of sulfonamides is 1. The van der Waals surface area contributed by atoms with Gasteiger partial charge >= 0.3 is 0 Å². The lowest BCUT2D eigenvalue weighted by atomic mass is 10.0. The van der Waals surface area contributed by atoms with Crippen molar-refractivity contribution in [3.63, 3.8) is 0 Å². The largest absolute Gasteiger partial charge is 0.399 e. The van der Waals surface area contributed by atoms with Gasteiger partial charge in [-0.15, -0.1) is 0 Å². The molecule has 0 aromatic heterocycles. The van der Waals surface area contributed by atoms with Gasteiger partial charge < -0.3 is 5.73 Å². The quantitative estimate of drug-likeness (QED) is 0.700. The first-order valence-electron chi connectivity index (χ1n) is 6.06. The smallest absolute Gasteiger partial charge is 0.242 e. The van der Waals surface area contributed by atoms with E-state index in [1.165, 1.54) is 0 Å². The van der Waals surface area contributed by atoms with Gasteiger partial charge in [-0.05, 0) is 49.9 Å². The molecule has 0 saturated heterocycles. The minimum absolute atomic E-state index is 0.188. The predicted molar refractivity (Wildman–Crippen MR) is 85.5 cm³/mol. The van der Waals surface area contributed by atoms with E-state index in [1.54, 1.807) is 12.1 Å². The molecule has 3 N–H and O–H groups in total. The SMILES string of the molecule is CCC(CC)CNS(=O)(=O)c1c(Br)cc(N)cc1Br. The van der Waals surface area contributed by atoms with Gasteiger partial charge in [-0.3, -0.25) is 0 Å². The van der Waals surface area contributed by atoms with Crippen molar-refractivity contribution < 1.29 is 8.42 Å². The fraction of sp³-hybridized carbons (Fsp3) is 0.500. The molecule has 0 bridgehead atoms. The van der Waals surface area contributed by atoms with Crippen LogP contribution in [0.25, 0.3) is 0 Å². The second-order valence-corrected chi connectivity index (χ2v) is 7.76. The zero-order valence-corrected chi connectivity index (χ0v) is 14.9. The van der Waals surface area contributed by atoms with E-state index in [9.17, 15) is 8.42 Å². The molecule has 0 aliphatic carbocycles. The van der Waals surface area contributed by atoms with Crippen LogP contribution in [0.15, 0.2) is 26.0 Å². The van der Waals surface area contributed by atoms with Gasteiger partial charge in [0.15, 0.2) is 0 Å². The molecule has 19 heavy (non-hydrogen) atoms. The molecule has 108 valence electrons. The minimum Gasteiger partial charge on any atom is -0.399 e. The van der Waals surface area contributed by atoms with Crippen LogP contribution < -0.4 is 10.5 Å². The van der Waals surface area contributed by atoms with Gasteiger partial charge in [-0.25, -0.2) is 13.1 Å². The van der Waals surface area contributed by atoms with Gasteiger partial charge in [-0.1, -0.05) is 26.7 Å². The molecule has 0 radical (unpaired) electrons. The highest BCUT2D eigenvalue weighted by molar-refractivity contribution is 9.11. The number of nitrogen functional groups attached to an aromatic ring is 1. The van der Waals surface area contributed by atoms with Gasteiger partial charge in [0.2, 0.25) is 10.0 Å². The summed E-state index contributed by atoms with van der Waals surface area (Å²) >= 11 is 6.49. The van der Waals surface area contributed by atoms with Crippen LogP contribution in [0, 0.1) is 5.92 Å². The Hall–Kier alpha value is -0.110. The van der Waals surface area contributed by atoms with E-state index < -0.39 is 10.0 Å². The third-order valence-electron chi connectivity index (χ3n) is 3.01. The van der Waals surface area contributed by atoms with Gasteiger partial charge in [-0.2, -0.15) is 0 Å². The summed E-state index contributed by atoms with van der Waals surface area (Å²) in [6.45, 7) is 4.55. The molecule has 1 rings (SSSR count). The molecule has 7 heteroatoms. The highest BCUT2D eigenvalue weighted by atomic mass is 79.9. The lowest BCUT2D eigenvalue weighted by Gasteiger charge is -2.15. The normalized spacial score (nSPS) is 12.1. The monoisotopic (exact) mass is 412 g/mol. The first-order chi connectivity index (χ1) is 8.81. The zero-order valence-electron chi connectivity index (χ0n) is 10.9. The lowest BCUT2D eigenvalue weighted by Crippen LogP contribution is -2.29. The van der Waals surface area contributed by atoms with Crippen molar-refractivity contribution in [1.29, 1.82) is 0 Å².